The molecule has 4 heteroatoms. The van der Waals surface area contributed by atoms with Gasteiger partial charge in [-0.1, -0.05) is 38.1 Å². The first-order chi connectivity index (χ1) is 8.11. The predicted molar refractivity (Wildman–Crippen MR) is 77.2 cm³/mol. The lowest BCUT2D eigenvalue weighted by Crippen LogP contribution is -1.92. The van der Waals surface area contributed by atoms with Crippen LogP contribution in [0.2, 0.25) is 0 Å². The molecule has 1 aromatic heterocycles. The zero-order valence-corrected chi connectivity index (χ0v) is 12.3. The minimum absolute atomic E-state index is 0.530. The van der Waals surface area contributed by atoms with Crippen LogP contribution < -0.4 is 5.73 Å². The zero-order valence-electron chi connectivity index (χ0n) is 9.90. The third-order valence-corrected chi connectivity index (χ3v) is 4.70. The van der Waals surface area contributed by atoms with Crippen LogP contribution >= 0.6 is 27.3 Å². The number of halogens is 1. The van der Waals surface area contributed by atoms with Gasteiger partial charge < -0.3 is 5.73 Å². The molecule has 0 aliphatic rings. The van der Waals surface area contributed by atoms with Gasteiger partial charge in [0.15, 0.2) is 0 Å². The lowest BCUT2D eigenvalue weighted by atomic mass is 10.0. The van der Waals surface area contributed by atoms with Gasteiger partial charge in [-0.15, -0.1) is 11.3 Å². The molecule has 90 valence electrons. The predicted octanol–water partition coefficient (Wildman–Crippen LogP) is 4.15. The summed E-state index contributed by atoms with van der Waals surface area (Å²) < 4.78 is 0.868. The third-order valence-electron chi connectivity index (χ3n) is 2.66. The number of rotatable bonds is 3. The van der Waals surface area contributed by atoms with Crippen LogP contribution in [-0.2, 0) is 6.54 Å². The van der Waals surface area contributed by atoms with Crippen molar-refractivity contribution in [3.05, 3.63) is 39.3 Å². The molecule has 0 saturated heterocycles. The van der Waals surface area contributed by atoms with Crippen molar-refractivity contribution >= 4 is 27.3 Å². The highest BCUT2D eigenvalue weighted by molar-refractivity contribution is 9.10. The van der Waals surface area contributed by atoms with Crippen molar-refractivity contribution in [2.45, 2.75) is 26.3 Å². The van der Waals surface area contributed by atoms with E-state index in [0.717, 1.165) is 20.1 Å². The van der Waals surface area contributed by atoms with Crippen LogP contribution in [0.15, 0.2) is 28.9 Å². The van der Waals surface area contributed by atoms with Crippen molar-refractivity contribution in [3.8, 4) is 10.6 Å². The third kappa shape index (κ3) is 2.76. The molecule has 0 amide bonds. The standard InChI is InChI=1S/C13H15BrN2S/c1-8(2)9-3-5-10(6-4-9)13-16-12(14)11(7-15)17-13/h3-6,8H,7,15H2,1-2H3. The van der Waals surface area contributed by atoms with Gasteiger partial charge in [-0.2, -0.15) is 0 Å². The fourth-order valence-electron chi connectivity index (χ4n) is 1.59. The summed E-state index contributed by atoms with van der Waals surface area (Å²) in [5.74, 6) is 0.562. The van der Waals surface area contributed by atoms with E-state index in [9.17, 15) is 0 Å². The fourth-order valence-corrected chi connectivity index (χ4v) is 3.13. The second-order valence-electron chi connectivity index (χ2n) is 4.21. The number of thiazole rings is 1. The molecule has 2 nitrogen and oxygen atoms in total. The Hall–Kier alpha value is -0.710. The second-order valence-corrected chi connectivity index (χ2v) is 6.05. The summed E-state index contributed by atoms with van der Waals surface area (Å²) in [6.45, 7) is 4.92. The Kier molecular flexibility index (Phi) is 3.97. The van der Waals surface area contributed by atoms with E-state index >= 15 is 0 Å². The highest BCUT2D eigenvalue weighted by atomic mass is 79.9. The normalized spacial score (nSPS) is 11.1. The summed E-state index contributed by atoms with van der Waals surface area (Å²) in [5.41, 5.74) is 8.15. The zero-order chi connectivity index (χ0) is 12.4. The number of benzene rings is 1. The molecule has 2 aromatic rings. The van der Waals surface area contributed by atoms with E-state index in [2.05, 4.69) is 59.0 Å². The van der Waals surface area contributed by atoms with Gasteiger partial charge in [0.2, 0.25) is 0 Å². The van der Waals surface area contributed by atoms with Crippen LogP contribution in [0.5, 0.6) is 0 Å². The van der Waals surface area contributed by atoms with E-state index in [1.54, 1.807) is 11.3 Å². The van der Waals surface area contributed by atoms with E-state index in [4.69, 9.17) is 5.73 Å². The average Bonchev–Trinajstić information content (AvgIpc) is 2.70. The Labute approximate surface area is 114 Å². The minimum atomic E-state index is 0.530. The van der Waals surface area contributed by atoms with Crippen LogP contribution in [-0.4, -0.2) is 4.98 Å². The highest BCUT2D eigenvalue weighted by Crippen LogP contribution is 2.31. The number of hydrogen-bond acceptors (Lipinski definition) is 3. The molecule has 2 rings (SSSR count). The maximum Gasteiger partial charge on any atom is 0.124 e. The van der Waals surface area contributed by atoms with Gasteiger partial charge in [-0.3, -0.25) is 0 Å². The van der Waals surface area contributed by atoms with Gasteiger partial charge in [0.05, 0.1) is 4.88 Å². The van der Waals surface area contributed by atoms with Crippen molar-refractivity contribution in [1.82, 2.24) is 4.98 Å². The Bertz CT molecular complexity index is 503. The Balaban J connectivity index is 2.33. The monoisotopic (exact) mass is 310 g/mol. The van der Waals surface area contributed by atoms with Crippen LogP contribution in [0.3, 0.4) is 0 Å². The van der Waals surface area contributed by atoms with E-state index in [0.29, 0.717) is 12.5 Å². The molecule has 0 aliphatic carbocycles. The maximum absolute atomic E-state index is 5.65. The minimum Gasteiger partial charge on any atom is -0.326 e. The van der Waals surface area contributed by atoms with E-state index in [1.165, 1.54) is 5.56 Å². The van der Waals surface area contributed by atoms with E-state index < -0.39 is 0 Å². The Morgan fingerprint density at radius 2 is 1.94 bits per heavy atom. The first-order valence-corrected chi connectivity index (χ1v) is 7.18. The molecule has 0 unspecified atom stereocenters. The summed E-state index contributed by atoms with van der Waals surface area (Å²) in [4.78, 5) is 5.57. The van der Waals surface area contributed by atoms with Crippen molar-refractivity contribution in [1.29, 1.82) is 0 Å². The molecule has 1 aromatic carbocycles. The summed E-state index contributed by atoms with van der Waals surface area (Å²) in [7, 11) is 0. The first-order valence-electron chi connectivity index (χ1n) is 5.57. The SMILES string of the molecule is CC(C)c1ccc(-c2nc(Br)c(CN)s2)cc1. The summed E-state index contributed by atoms with van der Waals surface area (Å²) in [6.07, 6.45) is 0. The lowest BCUT2D eigenvalue weighted by Gasteiger charge is -2.05. The average molecular weight is 311 g/mol. The Morgan fingerprint density at radius 3 is 2.41 bits per heavy atom. The van der Waals surface area contributed by atoms with Crippen LogP contribution in [0, 0.1) is 0 Å². The maximum atomic E-state index is 5.65. The summed E-state index contributed by atoms with van der Waals surface area (Å²) >= 11 is 5.08. The van der Waals surface area contributed by atoms with Crippen LogP contribution in [0.4, 0.5) is 0 Å². The molecule has 0 bridgehead atoms. The summed E-state index contributed by atoms with van der Waals surface area (Å²) in [6, 6.07) is 8.58. The first kappa shape index (κ1) is 12.7. The van der Waals surface area contributed by atoms with Crippen molar-refractivity contribution in [3.63, 3.8) is 0 Å². The highest BCUT2D eigenvalue weighted by Gasteiger charge is 2.09. The molecule has 0 saturated carbocycles. The van der Waals surface area contributed by atoms with Gasteiger partial charge in [-0.05, 0) is 27.4 Å². The quantitative estimate of drug-likeness (QED) is 0.924. The van der Waals surface area contributed by atoms with Gasteiger partial charge in [-0.25, -0.2) is 4.98 Å². The molecule has 0 atom stereocenters. The smallest absolute Gasteiger partial charge is 0.124 e. The molecule has 0 fully saturated rings. The molecule has 17 heavy (non-hydrogen) atoms. The van der Waals surface area contributed by atoms with Crippen molar-refractivity contribution in [2.24, 2.45) is 5.73 Å². The lowest BCUT2D eigenvalue weighted by molar-refractivity contribution is 0.867. The van der Waals surface area contributed by atoms with Gasteiger partial charge in [0.1, 0.15) is 9.61 Å². The van der Waals surface area contributed by atoms with Crippen molar-refractivity contribution < 1.29 is 0 Å². The number of nitrogens with zero attached hydrogens (tertiary/aromatic N) is 1. The molecule has 0 radical (unpaired) electrons. The molecule has 0 aliphatic heterocycles. The summed E-state index contributed by atoms with van der Waals surface area (Å²) in [5, 5.41) is 1.02. The van der Waals surface area contributed by atoms with Gasteiger partial charge >= 0.3 is 0 Å². The number of nitrogens with two attached hydrogens (primary N) is 1. The van der Waals surface area contributed by atoms with Crippen molar-refractivity contribution in [2.75, 3.05) is 0 Å². The molecule has 0 spiro atoms. The topological polar surface area (TPSA) is 38.9 Å². The van der Waals surface area contributed by atoms with Gasteiger partial charge in [0, 0.05) is 12.1 Å². The number of hydrogen-bond donors (Lipinski definition) is 1. The van der Waals surface area contributed by atoms with E-state index in [-0.39, 0.29) is 0 Å². The van der Waals surface area contributed by atoms with Crippen LogP contribution in [0.25, 0.3) is 10.6 Å². The fraction of sp³-hybridized carbons (Fsp3) is 0.308. The Morgan fingerprint density at radius 1 is 1.29 bits per heavy atom. The molecular formula is C13H15BrN2S. The van der Waals surface area contributed by atoms with Gasteiger partial charge in [0.25, 0.3) is 0 Å². The molecular weight excluding hydrogens is 296 g/mol. The molecule has 1 heterocycles. The van der Waals surface area contributed by atoms with Crippen LogP contribution in [0.1, 0.15) is 30.2 Å². The second kappa shape index (κ2) is 5.29. The molecule has 2 N–H and O–H groups in total. The van der Waals surface area contributed by atoms with E-state index in [1.807, 2.05) is 0 Å². The number of aromatic nitrogens is 1. The largest absolute Gasteiger partial charge is 0.326 e.